The minimum absolute atomic E-state index is 0.0322. The van der Waals surface area contributed by atoms with Gasteiger partial charge in [-0.05, 0) is 71.6 Å². The first kappa shape index (κ1) is 28.3. The van der Waals surface area contributed by atoms with Crippen molar-refractivity contribution in [1.82, 2.24) is 0 Å². The monoisotopic (exact) mass is 551 g/mol. The third kappa shape index (κ3) is 7.03. The van der Waals surface area contributed by atoms with Gasteiger partial charge >= 0.3 is 5.97 Å². The summed E-state index contributed by atoms with van der Waals surface area (Å²) in [6, 6.07) is 20.0. The van der Waals surface area contributed by atoms with Gasteiger partial charge in [-0.3, -0.25) is 14.4 Å². The van der Waals surface area contributed by atoms with Crippen LogP contribution in [0.2, 0.25) is 0 Å². The number of benzene rings is 3. The first-order valence-electron chi connectivity index (χ1n) is 12.8. The maximum absolute atomic E-state index is 13.2. The molecule has 204 valence electrons. The van der Waals surface area contributed by atoms with E-state index in [1.165, 1.54) is 34.7 Å². The summed E-state index contributed by atoms with van der Waals surface area (Å²) in [4.78, 5) is 40.0. The summed E-state index contributed by atoms with van der Waals surface area (Å²) >= 11 is 5.84. The SMILES string of the molecule is CC(C)(C)c1ccc(Oc2ccc(N3C[C@H](C(=O)O[C@@H](CCCl)C(=O)c4ccc(F)cc4)CC3=O)cc2)cc1. The first-order chi connectivity index (χ1) is 18.5. The van der Waals surface area contributed by atoms with Gasteiger partial charge in [-0.15, -0.1) is 11.6 Å². The summed E-state index contributed by atoms with van der Waals surface area (Å²) in [5.41, 5.74) is 2.11. The maximum Gasteiger partial charge on any atom is 0.312 e. The molecule has 0 aliphatic carbocycles. The highest BCUT2D eigenvalue weighted by Crippen LogP contribution is 2.31. The Balaban J connectivity index is 1.37. The summed E-state index contributed by atoms with van der Waals surface area (Å²) in [6.07, 6.45) is -1.04. The highest BCUT2D eigenvalue weighted by atomic mass is 35.5. The van der Waals surface area contributed by atoms with Crippen LogP contribution in [0.4, 0.5) is 10.1 Å². The number of halogens is 2. The zero-order valence-corrected chi connectivity index (χ0v) is 22.9. The van der Waals surface area contributed by atoms with Gasteiger partial charge in [0, 0.05) is 36.5 Å². The molecule has 1 saturated heterocycles. The Hall–Kier alpha value is -3.71. The zero-order chi connectivity index (χ0) is 28.2. The second-order valence-corrected chi connectivity index (χ2v) is 10.9. The molecule has 0 unspecified atom stereocenters. The molecule has 1 heterocycles. The van der Waals surface area contributed by atoms with Crippen molar-refractivity contribution >= 4 is 34.9 Å². The number of nitrogens with zero attached hydrogens (tertiary/aromatic N) is 1. The molecule has 2 atom stereocenters. The number of Topliss-reactive ketones (excluding diaryl/α,β-unsaturated/α-hetero) is 1. The standard InChI is InChI=1S/C31H31ClFNO5/c1-31(2,3)22-6-12-25(13-7-22)38-26-14-10-24(11-15-26)34-19-21(18-28(34)35)30(37)39-27(16-17-32)29(36)20-4-8-23(33)9-5-20/h4-15,21,27H,16-19H2,1-3H3/t21-,27+/m1/s1. The predicted molar refractivity (Wildman–Crippen MR) is 148 cm³/mol. The fourth-order valence-electron chi connectivity index (χ4n) is 4.35. The Morgan fingerprint density at radius 3 is 2.13 bits per heavy atom. The Morgan fingerprint density at radius 2 is 1.56 bits per heavy atom. The molecule has 0 N–H and O–H groups in total. The van der Waals surface area contributed by atoms with E-state index in [1.54, 1.807) is 24.3 Å². The average molecular weight is 552 g/mol. The average Bonchev–Trinajstić information content (AvgIpc) is 3.30. The molecule has 0 spiro atoms. The van der Waals surface area contributed by atoms with Crippen LogP contribution in [-0.2, 0) is 19.7 Å². The van der Waals surface area contributed by atoms with Gasteiger partial charge in [0.05, 0.1) is 5.92 Å². The highest BCUT2D eigenvalue weighted by Gasteiger charge is 2.38. The van der Waals surface area contributed by atoms with Crippen LogP contribution in [0.1, 0.15) is 49.5 Å². The number of ketones is 1. The van der Waals surface area contributed by atoms with Crippen LogP contribution in [0.5, 0.6) is 11.5 Å². The summed E-state index contributed by atoms with van der Waals surface area (Å²) in [5.74, 6) is -1.11. The molecule has 0 bridgehead atoms. The summed E-state index contributed by atoms with van der Waals surface area (Å²) < 4.78 is 24.7. The van der Waals surface area contributed by atoms with E-state index in [2.05, 4.69) is 20.8 Å². The molecule has 4 rings (SSSR count). The minimum atomic E-state index is -1.11. The second kappa shape index (κ2) is 12.0. The number of hydrogen-bond acceptors (Lipinski definition) is 5. The molecule has 0 radical (unpaired) electrons. The van der Waals surface area contributed by atoms with Crippen molar-refractivity contribution < 1.29 is 28.2 Å². The van der Waals surface area contributed by atoms with Crippen molar-refractivity contribution in [2.75, 3.05) is 17.3 Å². The van der Waals surface area contributed by atoms with E-state index in [-0.39, 0.29) is 42.2 Å². The van der Waals surface area contributed by atoms with Gasteiger partial charge in [0.25, 0.3) is 0 Å². The highest BCUT2D eigenvalue weighted by molar-refractivity contribution is 6.18. The van der Waals surface area contributed by atoms with E-state index in [4.69, 9.17) is 21.1 Å². The molecule has 3 aromatic carbocycles. The number of rotatable bonds is 9. The molecule has 1 aliphatic heterocycles. The lowest BCUT2D eigenvalue weighted by Crippen LogP contribution is -2.32. The molecule has 1 aliphatic rings. The molecule has 0 aromatic heterocycles. The van der Waals surface area contributed by atoms with Crippen LogP contribution < -0.4 is 9.64 Å². The summed E-state index contributed by atoms with van der Waals surface area (Å²) in [5, 5.41) is 0. The molecule has 1 amide bonds. The smallest absolute Gasteiger partial charge is 0.312 e. The Morgan fingerprint density at radius 1 is 0.974 bits per heavy atom. The maximum atomic E-state index is 13.2. The third-order valence-corrected chi connectivity index (χ3v) is 6.83. The minimum Gasteiger partial charge on any atom is -0.457 e. The van der Waals surface area contributed by atoms with Gasteiger partial charge in [-0.25, -0.2) is 4.39 Å². The molecule has 3 aromatic rings. The van der Waals surface area contributed by atoms with Crippen LogP contribution in [0.3, 0.4) is 0 Å². The number of carbonyl (C=O) groups excluding carboxylic acids is 3. The topological polar surface area (TPSA) is 72.9 Å². The third-order valence-electron chi connectivity index (χ3n) is 6.61. The van der Waals surface area contributed by atoms with Gasteiger partial charge in [-0.1, -0.05) is 32.9 Å². The van der Waals surface area contributed by atoms with Crippen LogP contribution >= 0.6 is 11.6 Å². The van der Waals surface area contributed by atoms with Crippen LogP contribution in [0.25, 0.3) is 0 Å². The van der Waals surface area contributed by atoms with Crippen molar-refractivity contribution in [2.45, 2.75) is 45.1 Å². The normalized spacial score (nSPS) is 16.2. The summed E-state index contributed by atoms with van der Waals surface area (Å²) in [7, 11) is 0. The van der Waals surface area contributed by atoms with Crippen LogP contribution in [0.15, 0.2) is 72.8 Å². The number of amides is 1. The van der Waals surface area contributed by atoms with Gasteiger partial charge in [0.1, 0.15) is 17.3 Å². The number of carbonyl (C=O) groups is 3. The van der Waals surface area contributed by atoms with Gasteiger partial charge < -0.3 is 14.4 Å². The van der Waals surface area contributed by atoms with E-state index in [0.717, 1.165) is 0 Å². The molecular formula is C31H31ClFNO5. The molecule has 0 saturated carbocycles. The number of hydrogen-bond donors (Lipinski definition) is 0. The molecule has 1 fully saturated rings. The molecule has 6 nitrogen and oxygen atoms in total. The van der Waals surface area contributed by atoms with Crippen LogP contribution in [-0.4, -0.2) is 36.2 Å². The number of anilines is 1. The Kier molecular flexibility index (Phi) is 8.70. The molecule has 8 heteroatoms. The van der Waals surface area contributed by atoms with Gasteiger partial charge in [0.15, 0.2) is 6.10 Å². The van der Waals surface area contributed by atoms with Crippen molar-refractivity contribution in [1.29, 1.82) is 0 Å². The largest absolute Gasteiger partial charge is 0.457 e. The summed E-state index contributed by atoms with van der Waals surface area (Å²) in [6.45, 7) is 6.58. The van der Waals surface area contributed by atoms with Crippen molar-refractivity contribution in [2.24, 2.45) is 5.92 Å². The number of ether oxygens (including phenoxy) is 2. The quantitative estimate of drug-likeness (QED) is 0.168. The molecular weight excluding hydrogens is 521 g/mol. The van der Waals surface area contributed by atoms with Gasteiger partial charge in [0.2, 0.25) is 11.7 Å². The van der Waals surface area contributed by atoms with E-state index >= 15 is 0 Å². The lowest BCUT2D eigenvalue weighted by molar-refractivity contribution is -0.151. The van der Waals surface area contributed by atoms with Crippen molar-refractivity contribution in [3.63, 3.8) is 0 Å². The Bertz CT molecular complexity index is 1320. The Labute approximate surface area is 232 Å². The lowest BCUT2D eigenvalue weighted by Gasteiger charge is -2.20. The zero-order valence-electron chi connectivity index (χ0n) is 22.2. The van der Waals surface area contributed by atoms with E-state index in [1.807, 2.05) is 24.3 Å². The number of esters is 1. The fourth-order valence-corrected chi connectivity index (χ4v) is 4.55. The first-order valence-corrected chi connectivity index (χ1v) is 13.3. The van der Waals surface area contributed by atoms with Crippen molar-refractivity contribution in [3.05, 3.63) is 89.7 Å². The van der Waals surface area contributed by atoms with E-state index in [9.17, 15) is 18.8 Å². The van der Waals surface area contributed by atoms with Crippen molar-refractivity contribution in [3.8, 4) is 11.5 Å². The molecule has 39 heavy (non-hydrogen) atoms. The fraction of sp³-hybridized carbons (Fsp3) is 0.323. The van der Waals surface area contributed by atoms with E-state index < -0.39 is 29.6 Å². The van der Waals surface area contributed by atoms with E-state index in [0.29, 0.717) is 17.2 Å². The van der Waals surface area contributed by atoms with Gasteiger partial charge in [-0.2, -0.15) is 0 Å². The predicted octanol–water partition coefficient (Wildman–Crippen LogP) is 6.69. The number of alkyl halides is 1. The van der Waals surface area contributed by atoms with Crippen LogP contribution in [0, 0.1) is 11.7 Å². The lowest BCUT2D eigenvalue weighted by atomic mass is 9.87. The second-order valence-electron chi connectivity index (χ2n) is 10.6.